The van der Waals surface area contributed by atoms with Gasteiger partial charge in [-0.05, 0) is 50.4 Å². The first-order chi connectivity index (χ1) is 12.1. The fraction of sp³-hybridized carbons (Fsp3) is 0.750. The predicted octanol–water partition coefficient (Wildman–Crippen LogP) is 1.22. The molecule has 0 aromatic carbocycles. The maximum Gasteiger partial charge on any atom is 0.231 e. The molecule has 7 atom stereocenters. The summed E-state index contributed by atoms with van der Waals surface area (Å²) in [5.74, 6) is -1.37. The molecule has 0 amide bonds. The molecule has 1 saturated heterocycles. The van der Waals surface area contributed by atoms with Gasteiger partial charge in [-0.15, -0.1) is 0 Å². The Morgan fingerprint density at radius 3 is 2.62 bits per heavy atom. The normalized spacial score (nSPS) is 46.2. The number of Topliss-reactive ketones (excluding diaryl/α,β-unsaturated/α-hetero) is 2. The van der Waals surface area contributed by atoms with E-state index in [2.05, 4.69) is 6.08 Å². The summed E-state index contributed by atoms with van der Waals surface area (Å²) in [4.78, 5) is 35.8. The van der Waals surface area contributed by atoms with Gasteiger partial charge in [0.15, 0.2) is 17.7 Å². The fourth-order valence-corrected chi connectivity index (χ4v) is 5.40. The monoisotopic (exact) mass is 364 g/mol. The molecule has 2 fully saturated rings. The number of carbonyl (C=O) groups is 3. The van der Waals surface area contributed by atoms with Gasteiger partial charge < -0.3 is 14.9 Å². The Morgan fingerprint density at radius 2 is 2.08 bits per heavy atom. The molecule has 0 aromatic rings. The minimum Gasteiger partial charge on any atom is -0.389 e. The Bertz CT molecular complexity index is 678. The zero-order valence-electron chi connectivity index (χ0n) is 15.8. The molecule has 3 rings (SSSR count). The van der Waals surface area contributed by atoms with E-state index in [0.717, 1.165) is 18.4 Å². The maximum atomic E-state index is 13.0. The summed E-state index contributed by atoms with van der Waals surface area (Å²) < 4.78 is 5.19. The first-order valence-corrected chi connectivity index (χ1v) is 9.27. The van der Waals surface area contributed by atoms with E-state index in [-0.39, 0.29) is 36.9 Å². The molecule has 2 aliphatic carbocycles. The smallest absolute Gasteiger partial charge is 0.231 e. The van der Waals surface area contributed by atoms with Crippen LogP contribution in [0.4, 0.5) is 0 Å². The molecule has 0 spiro atoms. The van der Waals surface area contributed by atoms with Crippen LogP contribution in [0.25, 0.3) is 0 Å². The molecule has 0 bridgehead atoms. The Balaban J connectivity index is 1.99. The third-order valence-corrected chi connectivity index (χ3v) is 7.66. The van der Waals surface area contributed by atoms with Gasteiger partial charge in [0.25, 0.3) is 0 Å². The van der Waals surface area contributed by atoms with Crippen LogP contribution in [0.2, 0.25) is 0 Å². The lowest BCUT2D eigenvalue weighted by atomic mass is 9.45. The number of hydrogen-bond acceptors (Lipinski definition) is 6. The van der Waals surface area contributed by atoms with Crippen LogP contribution in [-0.4, -0.2) is 52.5 Å². The van der Waals surface area contributed by atoms with Gasteiger partial charge in [0.1, 0.15) is 6.10 Å². The largest absolute Gasteiger partial charge is 0.389 e. The molecule has 3 aliphatic rings. The third-order valence-electron chi connectivity index (χ3n) is 7.66. The molecule has 2 N–H and O–H groups in total. The highest BCUT2D eigenvalue weighted by Gasteiger charge is 2.65. The van der Waals surface area contributed by atoms with E-state index in [1.165, 1.54) is 0 Å². The number of rotatable bonds is 5. The van der Waals surface area contributed by atoms with Crippen LogP contribution in [0.3, 0.4) is 0 Å². The van der Waals surface area contributed by atoms with Crippen LogP contribution >= 0.6 is 0 Å². The Hall–Kier alpha value is -1.37. The zero-order valence-corrected chi connectivity index (χ0v) is 15.8. The second-order valence-electron chi connectivity index (χ2n) is 8.70. The van der Waals surface area contributed by atoms with Crippen LogP contribution in [0.5, 0.6) is 0 Å². The number of ether oxygens (including phenoxy) is 1. The molecule has 144 valence electrons. The second-order valence-corrected chi connectivity index (χ2v) is 8.70. The van der Waals surface area contributed by atoms with Crippen molar-refractivity contribution in [2.75, 3.05) is 6.61 Å². The summed E-state index contributed by atoms with van der Waals surface area (Å²) >= 11 is 0. The second kappa shape index (κ2) is 6.08. The van der Waals surface area contributed by atoms with Crippen LogP contribution in [0.1, 0.15) is 47.0 Å². The lowest BCUT2D eigenvalue weighted by Crippen LogP contribution is -2.62. The minimum atomic E-state index is -1.45. The van der Waals surface area contributed by atoms with Crippen molar-refractivity contribution in [3.8, 4) is 0 Å². The Kier molecular flexibility index (Phi) is 4.53. The number of aliphatic hydroxyl groups is 2. The SMILES string of the molecule is CC1=CCCC2[C@]1(C)C(=O)C(O)[C@@H](C)[C@@]2(C)C[C@@H](O)[C@]1(C(=O)C=O)CO1. The van der Waals surface area contributed by atoms with Crippen molar-refractivity contribution in [3.05, 3.63) is 11.6 Å². The van der Waals surface area contributed by atoms with Crippen LogP contribution in [0, 0.1) is 22.7 Å². The van der Waals surface area contributed by atoms with Gasteiger partial charge in [-0.2, -0.15) is 0 Å². The highest BCUT2D eigenvalue weighted by molar-refractivity contribution is 6.30. The number of ketones is 2. The first kappa shape index (κ1) is 19.4. The Morgan fingerprint density at radius 1 is 1.46 bits per heavy atom. The number of fused-ring (bicyclic) bond motifs is 1. The number of hydrogen-bond donors (Lipinski definition) is 2. The van der Waals surface area contributed by atoms with Crippen molar-refractivity contribution in [1.29, 1.82) is 0 Å². The van der Waals surface area contributed by atoms with Crippen LogP contribution in [0.15, 0.2) is 11.6 Å². The van der Waals surface area contributed by atoms with E-state index >= 15 is 0 Å². The molecule has 6 nitrogen and oxygen atoms in total. The molecular formula is C20H28O6. The fourth-order valence-electron chi connectivity index (χ4n) is 5.40. The van der Waals surface area contributed by atoms with Crippen molar-refractivity contribution >= 4 is 17.9 Å². The van der Waals surface area contributed by atoms with Crippen molar-refractivity contribution in [1.82, 2.24) is 0 Å². The molecule has 1 heterocycles. The van der Waals surface area contributed by atoms with Gasteiger partial charge in [0.2, 0.25) is 5.78 Å². The van der Waals surface area contributed by atoms with Gasteiger partial charge >= 0.3 is 0 Å². The average Bonchev–Trinajstić information content (AvgIpc) is 3.42. The predicted molar refractivity (Wildman–Crippen MR) is 93.3 cm³/mol. The molecule has 2 unspecified atom stereocenters. The lowest BCUT2D eigenvalue weighted by Gasteiger charge is -2.58. The summed E-state index contributed by atoms with van der Waals surface area (Å²) in [7, 11) is 0. The quantitative estimate of drug-likeness (QED) is 0.329. The maximum absolute atomic E-state index is 13.0. The van der Waals surface area contributed by atoms with Crippen molar-refractivity contribution < 1.29 is 29.3 Å². The zero-order chi connectivity index (χ0) is 19.5. The number of aliphatic hydroxyl groups excluding tert-OH is 2. The van der Waals surface area contributed by atoms with E-state index in [4.69, 9.17) is 4.74 Å². The summed E-state index contributed by atoms with van der Waals surface area (Å²) in [6, 6.07) is 0. The molecule has 1 aliphatic heterocycles. The van der Waals surface area contributed by atoms with Gasteiger partial charge in [-0.3, -0.25) is 14.4 Å². The highest BCUT2D eigenvalue weighted by atomic mass is 16.6. The molecule has 1 saturated carbocycles. The van der Waals surface area contributed by atoms with E-state index < -0.39 is 34.4 Å². The average molecular weight is 364 g/mol. The molecular weight excluding hydrogens is 336 g/mol. The number of carbonyl (C=O) groups excluding carboxylic acids is 3. The van der Waals surface area contributed by atoms with Gasteiger partial charge in [0.05, 0.1) is 18.1 Å². The van der Waals surface area contributed by atoms with Crippen molar-refractivity contribution in [3.63, 3.8) is 0 Å². The van der Waals surface area contributed by atoms with Gasteiger partial charge in [-0.1, -0.05) is 25.5 Å². The van der Waals surface area contributed by atoms with Crippen LogP contribution < -0.4 is 0 Å². The van der Waals surface area contributed by atoms with Gasteiger partial charge in [-0.25, -0.2) is 0 Å². The topological polar surface area (TPSA) is 104 Å². The lowest BCUT2D eigenvalue weighted by molar-refractivity contribution is -0.169. The first-order valence-electron chi connectivity index (χ1n) is 9.27. The minimum absolute atomic E-state index is 0.0263. The Labute approximate surface area is 153 Å². The van der Waals surface area contributed by atoms with E-state index in [0.29, 0.717) is 0 Å². The highest BCUT2D eigenvalue weighted by Crippen LogP contribution is 2.61. The van der Waals surface area contributed by atoms with E-state index in [1.54, 1.807) is 0 Å². The van der Waals surface area contributed by atoms with E-state index in [1.807, 2.05) is 27.7 Å². The summed E-state index contributed by atoms with van der Waals surface area (Å²) in [5.41, 5.74) is -1.87. The molecule has 6 heteroatoms. The summed E-state index contributed by atoms with van der Waals surface area (Å²) in [6.07, 6.45) is 1.76. The van der Waals surface area contributed by atoms with Crippen molar-refractivity contribution in [2.45, 2.75) is 64.8 Å². The number of aldehydes is 1. The molecule has 0 radical (unpaired) electrons. The number of allylic oxidation sites excluding steroid dienone is 2. The summed E-state index contributed by atoms with van der Waals surface area (Å²) in [5, 5.41) is 21.5. The van der Waals surface area contributed by atoms with E-state index in [9.17, 15) is 24.6 Å². The third kappa shape index (κ3) is 2.38. The standard InChI is InChI=1S/C20H28O6/c1-11-6-5-7-13-18(3,12(2)16(24)17(25)19(11,13)4)8-14(22)20(10-26-20)15(23)9-21/h6,9,12-14,16,22,24H,5,7-8,10H2,1-4H3/t12-,13?,14-,16?,18-,19-,20+/m1/s1. The summed E-state index contributed by atoms with van der Waals surface area (Å²) in [6.45, 7) is 7.62. The van der Waals surface area contributed by atoms with Crippen molar-refractivity contribution in [2.24, 2.45) is 22.7 Å². The van der Waals surface area contributed by atoms with Gasteiger partial charge in [0, 0.05) is 0 Å². The molecule has 0 aromatic heterocycles. The number of epoxide rings is 1. The van der Waals surface area contributed by atoms with Crippen LogP contribution in [-0.2, 0) is 19.1 Å². The molecule has 26 heavy (non-hydrogen) atoms.